The Kier molecular flexibility index (Phi) is 3.36. The fourth-order valence-electron chi connectivity index (χ4n) is 1.57. The highest BCUT2D eigenvalue weighted by atomic mass is 32.1. The molecule has 0 amide bonds. The summed E-state index contributed by atoms with van der Waals surface area (Å²) >= 11 is 1.65. The number of hydrogen-bond donors (Lipinski definition) is 1. The van der Waals surface area contributed by atoms with Crippen LogP contribution in [0, 0.1) is 12.7 Å². The maximum atomic E-state index is 13.4. The molecule has 2 rings (SSSR count). The highest BCUT2D eigenvalue weighted by molar-refractivity contribution is 7.13. The first-order valence-electron chi connectivity index (χ1n) is 5.19. The van der Waals surface area contributed by atoms with Crippen LogP contribution in [0.15, 0.2) is 29.6 Å². The number of halogens is 1. The molecule has 0 atom stereocenters. The molecule has 1 heterocycles. The van der Waals surface area contributed by atoms with Gasteiger partial charge in [-0.1, -0.05) is 12.1 Å². The predicted octanol–water partition coefficient (Wildman–Crippen LogP) is 3.58. The van der Waals surface area contributed by atoms with Gasteiger partial charge in [0, 0.05) is 11.4 Å². The highest BCUT2D eigenvalue weighted by Gasteiger charge is 2.04. The maximum Gasteiger partial charge on any atom is 0.126 e. The molecule has 2 aromatic rings. The van der Waals surface area contributed by atoms with Crippen molar-refractivity contribution in [1.29, 1.82) is 0 Å². The monoisotopic (exact) mass is 235 g/mol. The molecule has 0 spiro atoms. The minimum atomic E-state index is -0.138. The number of benzene rings is 1. The second kappa shape index (κ2) is 4.76. The van der Waals surface area contributed by atoms with Gasteiger partial charge < -0.3 is 5.32 Å². The van der Waals surface area contributed by atoms with E-state index < -0.39 is 0 Å². The average Bonchev–Trinajstić information content (AvgIpc) is 2.71. The van der Waals surface area contributed by atoms with Crippen LogP contribution < -0.4 is 5.32 Å². The van der Waals surface area contributed by atoms with Crippen molar-refractivity contribution in [3.8, 4) is 10.4 Å². The lowest BCUT2D eigenvalue weighted by molar-refractivity contribution is 0.619. The van der Waals surface area contributed by atoms with Gasteiger partial charge >= 0.3 is 0 Å². The molecule has 0 saturated heterocycles. The highest BCUT2D eigenvalue weighted by Crippen LogP contribution is 2.28. The summed E-state index contributed by atoms with van der Waals surface area (Å²) in [6.07, 6.45) is 0. The normalized spacial score (nSPS) is 10.7. The fourth-order valence-corrected chi connectivity index (χ4v) is 2.48. The molecule has 16 heavy (non-hydrogen) atoms. The molecule has 0 radical (unpaired) electrons. The van der Waals surface area contributed by atoms with Crippen molar-refractivity contribution in [2.24, 2.45) is 0 Å². The number of rotatable bonds is 3. The van der Waals surface area contributed by atoms with E-state index in [1.165, 1.54) is 5.56 Å². The molecule has 1 aromatic heterocycles. The number of nitrogens with one attached hydrogen (secondary N) is 1. The number of thiophene rings is 1. The maximum absolute atomic E-state index is 13.4. The fraction of sp³-hybridized carbons (Fsp3) is 0.231. The summed E-state index contributed by atoms with van der Waals surface area (Å²) in [7, 11) is 1.92. The molecular weight excluding hydrogens is 221 g/mol. The van der Waals surface area contributed by atoms with Gasteiger partial charge in [-0.05, 0) is 48.2 Å². The van der Waals surface area contributed by atoms with Crippen LogP contribution in [0.5, 0.6) is 0 Å². The van der Waals surface area contributed by atoms with Crippen LogP contribution in [0.2, 0.25) is 0 Å². The third kappa shape index (κ3) is 2.31. The topological polar surface area (TPSA) is 12.0 Å². The van der Waals surface area contributed by atoms with Crippen molar-refractivity contribution in [3.63, 3.8) is 0 Å². The zero-order valence-electron chi connectivity index (χ0n) is 9.38. The molecule has 0 saturated carbocycles. The minimum Gasteiger partial charge on any atom is -0.316 e. The quantitative estimate of drug-likeness (QED) is 0.857. The molecule has 0 aliphatic rings. The van der Waals surface area contributed by atoms with Gasteiger partial charge in [-0.15, -0.1) is 11.3 Å². The molecule has 0 bridgehead atoms. The molecule has 0 aliphatic heterocycles. The van der Waals surface area contributed by atoms with Crippen LogP contribution in [0.1, 0.15) is 11.1 Å². The van der Waals surface area contributed by atoms with Gasteiger partial charge in [-0.2, -0.15) is 0 Å². The third-order valence-electron chi connectivity index (χ3n) is 2.49. The van der Waals surface area contributed by atoms with Gasteiger partial charge in [0.25, 0.3) is 0 Å². The molecule has 0 aliphatic carbocycles. The van der Waals surface area contributed by atoms with Crippen molar-refractivity contribution in [2.75, 3.05) is 7.05 Å². The van der Waals surface area contributed by atoms with E-state index in [1.807, 2.05) is 19.2 Å². The molecule has 1 N–H and O–H groups in total. The lowest BCUT2D eigenvalue weighted by Crippen LogP contribution is -2.03. The second-order valence-corrected chi connectivity index (χ2v) is 4.72. The first kappa shape index (κ1) is 11.3. The molecule has 0 unspecified atom stereocenters. The van der Waals surface area contributed by atoms with E-state index in [0.29, 0.717) is 5.56 Å². The van der Waals surface area contributed by atoms with Gasteiger partial charge in [-0.3, -0.25) is 0 Å². The van der Waals surface area contributed by atoms with Crippen LogP contribution in [-0.4, -0.2) is 7.05 Å². The summed E-state index contributed by atoms with van der Waals surface area (Å²) in [5, 5.41) is 5.20. The lowest BCUT2D eigenvalue weighted by Gasteiger charge is -2.00. The molecule has 1 nitrogen and oxygen atoms in total. The van der Waals surface area contributed by atoms with Crippen LogP contribution in [0.3, 0.4) is 0 Å². The third-order valence-corrected chi connectivity index (χ3v) is 3.52. The van der Waals surface area contributed by atoms with Gasteiger partial charge in [0.05, 0.1) is 0 Å². The number of hydrogen-bond acceptors (Lipinski definition) is 2. The first-order valence-corrected chi connectivity index (χ1v) is 6.07. The van der Waals surface area contributed by atoms with Crippen molar-refractivity contribution in [1.82, 2.24) is 5.32 Å². The Morgan fingerprint density at radius 1 is 1.31 bits per heavy atom. The van der Waals surface area contributed by atoms with E-state index in [2.05, 4.69) is 16.8 Å². The summed E-state index contributed by atoms with van der Waals surface area (Å²) in [5.74, 6) is -0.138. The van der Waals surface area contributed by atoms with E-state index in [1.54, 1.807) is 24.3 Å². The Hall–Kier alpha value is -1.19. The van der Waals surface area contributed by atoms with Gasteiger partial charge in [0.15, 0.2) is 0 Å². The standard InChI is InChI=1S/C13H14FNS/c1-9-3-4-11(6-12(9)14)13-5-10(7-15-2)8-16-13/h3-6,8,15H,7H2,1-2H3. The average molecular weight is 235 g/mol. The van der Waals surface area contributed by atoms with Gasteiger partial charge in [0.1, 0.15) is 5.82 Å². The van der Waals surface area contributed by atoms with E-state index in [0.717, 1.165) is 17.0 Å². The SMILES string of the molecule is CNCc1csc(-c2ccc(C)c(F)c2)c1. The van der Waals surface area contributed by atoms with Crippen molar-refractivity contribution in [2.45, 2.75) is 13.5 Å². The zero-order valence-corrected chi connectivity index (χ0v) is 10.2. The summed E-state index contributed by atoms with van der Waals surface area (Å²) in [4.78, 5) is 1.11. The smallest absolute Gasteiger partial charge is 0.126 e. The van der Waals surface area contributed by atoms with Crippen LogP contribution in [-0.2, 0) is 6.54 Å². The minimum absolute atomic E-state index is 0.138. The summed E-state index contributed by atoms with van der Waals surface area (Å²) in [5.41, 5.74) is 2.88. The van der Waals surface area contributed by atoms with Crippen LogP contribution in [0.4, 0.5) is 4.39 Å². The van der Waals surface area contributed by atoms with Crippen LogP contribution in [0.25, 0.3) is 10.4 Å². The van der Waals surface area contributed by atoms with Crippen molar-refractivity contribution < 1.29 is 4.39 Å². The molecule has 1 aromatic carbocycles. The lowest BCUT2D eigenvalue weighted by atomic mass is 10.1. The Labute approximate surface area is 98.9 Å². The van der Waals surface area contributed by atoms with E-state index in [9.17, 15) is 4.39 Å². The van der Waals surface area contributed by atoms with E-state index in [4.69, 9.17) is 0 Å². The Morgan fingerprint density at radius 3 is 2.81 bits per heavy atom. The Bertz CT molecular complexity index is 490. The van der Waals surface area contributed by atoms with Gasteiger partial charge in [-0.25, -0.2) is 4.39 Å². The largest absolute Gasteiger partial charge is 0.316 e. The van der Waals surface area contributed by atoms with Crippen LogP contribution >= 0.6 is 11.3 Å². The molecule has 0 fully saturated rings. The number of aryl methyl sites for hydroxylation is 1. The van der Waals surface area contributed by atoms with Crippen molar-refractivity contribution in [3.05, 3.63) is 46.6 Å². The van der Waals surface area contributed by atoms with Gasteiger partial charge in [0.2, 0.25) is 0 Å². The first-order chi connectivity index (χ1) is 7.70. The van der Waals surface area contributed by atoms with E-state index in [-0.39, 0.29) is 5.82 Å². The molecule has 3 heteroatoms. The Morgan fingerprint density at radius 2 is 2.12 bits per heavy atom. The molecular formula is C13H14FNS. The predicted molar refractivity (Wildman–Crippen MR) is 67.2 cm³/mol. The molecule has 84 valence electrons. The summed E-state index contributed by atoms with van der Waals surface area (Å²) in [6, 6.07) is 7.49. The summed E-state index contributed by atoms with van der Waals surface area (Å²) in [6.45, 7) is 2.63. The van der Waals surface area contributed by atoms with E-state index >= 15 is 0 Å². The summed E-state index contributed by atoms with van der Waals surface area (Å²) < 4.78 is 13.4. The Balaban J connectivity index is 2.31. The second-order valence-electron chi connectivity index (χ2n) is 3.81. The van der Waals surface area contributed by atoms with Crippen molar-refractivity contribution >= 4 is 11.3 Å². The zero-order chi connectivity index (χ0) is 11.5.